The molecule has 1 aromatic carbocycles. The Balaban J connectivity index is 3.33. The first kappa shape index (κ1) is 10.5. The molecule has 0 radical (unpaired) electrons. The molecule has 0 aliphatic carbocycles. The van der Waals surface area contributed by atoms with E-state index < -0.39 is 4.92 Å². The lowest BCUT2D eigenvalue weighted by atomic mass is 10.1. The van der Waals surface area contributed by atoms with E-state index >= 15 is 0 Å². The summed E-state index contributed by atoms with van der Waals surface area (Å²) in [5.41, 5.74) is 1.55. The number of nitro groups is 1. The van der Waals surface area contributed by atoms with E-state index in [1.807, 2.05) is 6.07 Å². The lowest BCUT2D eigenvalue weighted by Crippen LogP contribution is -1.93. The van der Waals surface area contributed by atoms with Crippen molar-refractivity contribution in [2.75, 3.05) is 0 Å². The van der Waals surface area contributed by atoms with Crippen LogP contribution < -0.4 is 0 Å². The van der Waals surface area contributed by atoms with Crippen LogP contribution in [0.5, 0.6) is 0 Å². The van der Waals surface area contributed by atoms with Gasteiger partial charge in [0, 0.05) is 11.4 Å². The lowest BCUT2D eigenvalue weighted by Gasteiger charge is -2.02. The zero-order chi connectivity index (χ0) is 10.0. The molecule has 5 heteroatoms. The molecule has 1 aromatic rings. The number of nitrogens with zero attached hydrogens (tertiary/aromatic N) is 1. The average molecular weight is 265 g/mol. The molecule has 0 atom stereocenters. The predicted octanol–water partition coefficient (Wildman–Crippen LogP) is 3.45. The molecule has 0 fully saturated rings. The summed E-state index contributed by atoms with van der Waals surface area (Å²) in [7, 11) is 0. The molecular formula is C8H7BrClNO2. The monoisotopic (exact) mass is 263 g/mol. The van der Waals surface area contributed by atoms with Crippen LogP contribution in [0, 0.1) is 17.0 Å². The Morgan fingerprint density at radius 3 is 2.69 bits per heavy atom. The highest BCUT2D eigenvalue weighted by molar-refractivity contribution is 9.08. The third-order valence-electron chi connectivity index (χ3n) is 1.65. The quantitative estimate of drug-likeness (QED) is 0.466. The summed E-state index contributed by atoms with van der Waals surface area (Å²) in [5.74, 6) is 0. The van der Waals surface area contributed by atoms with Crippen LogP contribution in [0.25, 0.3) is 0 Å². The van der Waals surface area contributed by atoms with E-state index in [0.717, 1.165) is 11.1 Å². The van der Waals surface area contributed by atoms with E-state index in [0.29, 0.717) is 5.33 Å². The van der Waals surface area contributed by atoms with Gasteiger partial charge in [0.1, 0.15) is 5.02 Å². The van der Waals surface area contributed by atoms with Gasteiger partial charge < -0.3 is 0 Å². The van der Waals surface area contributed by atoms with Gasteiger partial charge in [-0.3, -0.25) is 10.1 Å². The maximum Gasteiger partial charge on any atom is 0.288 e. The Bertz CT molecular complexity index is 354. The second kappa shape index (κ2) is 4.07. The Morgan fingerprint density at radius 2 is 2.23 bits per heavy atom. The molecule has 0 amide bonds. The van der Waals surface area contributed by atoms with E-state index in [2.05, 4.69) is 15.9 Å². The van der Waals surface area contributed by atoms with Crippen LogP contribution in [-0.4, -0.2) is 4.92 Å². The van der Waals surface area contributed by atoms with E-state index in [-0.39, 0.29) is 10.7 Å². The molecule has 13 heavy (non-hydrogen) atoms. The molecule has 0 unspecified atom stereocenters. The number of benzene rings is 1. The zero-order valence-electron chi connectivity index (χ0n) is 6.88. The number of rotatable bonds is 2. The normalized spacial score (nSPS) is 10.1. The van der Waals surface area contributed by atoms with Crippen LogP contribution in [0.4, 0.5) is 5.69 Å². The van der Waals surface area contributed by atoms with Crippen molar-refractivity contribution in [2.24, 2.45) is 0 Å². The highest BCUT2D eigenvalue weighted by atomic mass is 79.9. The molecule has 0 spiro atoms. The predicted molar refractivity (Wildman–Crippen MR) is 55.5 cm³/mol. The standard InChI is InChI=1S/C8H7BrClNO2/c1-5-2-6(4-9)3-7(8(5)10)11(12)13/h2-3H,4H2,1H3. The van der Waals surface area contributed by atoms with Gasteiger partial charge in [-0.25, -0.2) is 0 Å². The van der Waals surface area contributed by atoms with Gasteiger partial charge >= 0.3 is 0 Å². The molecule has 70 valence electrons. The first-order valence-corrected chi connectivity index (χ1v) is 5.05. The molecule has 0 aliphatic rings. The molecule has 0 aliphatic heterocycles. The number of halogens is 2. The first-order chi connectivity index (χ1) is 6.06. The molecule has 0 N–H and O–H groups in total. The van der Waals surface area contributed by atoms with Crippen LogP contribution in [0.2, 0.25) is 5.02 Å². The van der Waals surface area contributed by atoms with Gasteiger partial charge in [0.25, 0.3) is 5.69 Å². The number of alkyl halides is 1. The first-order valence-electron chi connectivity index (χ1n) is 3.55. The van der Waals surface area contributed by atoms with Gasteiger partial charge in [0.2, 0.25) is 0 Å². The Morgan fingerprint density at radius 1 is 1.62 bits per heavy atom. The van der Waals surface area contributed by atoms with Gasteiger partial charge in [0.15, 0.2) is 0 Å². The van der Waals surface area contributed by atoms with E-state index in [1.54, 1.807) is 6.92 Å². The molecule has 0 saturated heterocycles. The average Bonchev–Trinajstić information content (AvgIpc) is 2.09. The van der Waals surface area contributed by atoms with Crippen molar-refractivity contribution in [1.82, 2.24) is 0 Å². The smallest absolute Gasteiger partial charge is 0.258 e. The SMILES string of the molecule is Cc1cc(CBr)cc([N+](=O)[O-])c1Cl. The van der Waals surface area contributed by atoms with Crippen molar-refractivity contribution in [3.63, 3.8) is 0 Å². The largest absolute Gasteiger partial charge is 0.288 e. The molecule has 0 aromatic heterocycles. The Hall–Kier alpha value is -0.610. The minimum atomic E-state index is -0.471. The Kier molecular flexibility index (Phi) is 3.27. The fourth-order valence-electron chi connectivity index (χ4n) is 1.03. The highest BCUT2D eigenvalue weighted by Gasteiger charge is 2.15. The highest BCUT2D eigenvalue weighted by Crippen LogP contribution is 2.29. The van der Waals surface area contributed by atoms with Gasteiger partial charge in [-0.2, -0.15) is 0 Å². The van der Waals surface area contributed by atoms with Gasteiger partial charge in [-0.05, 0) is 18.1 Å². The molecule has 0 bridgehead atoms. The second-order valence-corrected chi connectivity index (χ2v) is 3.58. The number of nitro benzene ring substituents is 1. The summed E-state index contributed by atoms with van der Waals surface area (Å²) < 4.78 is 0. The molecule has 3 nitrogen and oxygen atoms in total. The topological polar surface area (TPSA) is 43.1 Å². The summed E-state index contributed by atoms with van der Waals surface area (Å²) in [4.78, 5) is 10.1. The molecule has 1 rings (SSSR count). The second-order valence-electron chi connectivity index (χ2n) is 2.64. The zero-order valence-corrected chi connectivity index (χ0v) is 9.22. The molecule has 0 saturated carbocycles. The van der Waals surface area contributed by atoms with E-state index in [1.165, 1.54) is 6.07 Å². The minimum absolute atomic E-state index is 0.0314. The van der Waals surface area contributed by atoms with Gasteiger partial charge in [-0.1, -0.05) is 33.6 Å². The lowest BCUT2D eigenvalue weighted by molar-refractivity contribution is -0.384. The van der Waals surface area contributed by atoms with Crippen LogP contribution in [-0.2, 0) is 5.33 Å². The summed E-state index contributed by atoms with van der Waals surface area (Å²) in [6, 6.07) is 3.30. The van der Waals surface area contributed by atoms with Crippen LogP contribution in [0.15, 0.2) is 12.1 Å². The summed E-state index contributed by atoms with van der Waals surface area (Å²) in [6.07, 6.45) is 0. The maximum atomic E-state index is 10.5. The maximum absolute atomic E-state index is 10.5. The minimum Gasteiger partial charge on any atom is -0.258 e. The molecule has 0 heterocycles. The van der Waals surface area contributed by atoms with Crippen LogP contribution in [0.1, 0.15) is 11.1 Å². The number of hydrogen-bond acceptors (Lipinski definition) is 2. The van der Waals surface area contributed by atoms with Crippen molar-refractivity contribution < 1.29 is 4.92 Å². The van der Waals surface area contributed by atoms with Crippen molar-refractivity contribution >= 4 is 33.2 Å². The molecular weight excluding hydrogens is 257 g/mol. The third kappa shape index (κ3) is 2.19. The van der Waals surface area contributed by atoms with Crippen molar-refractivity contribution in [1.29, 1.82) is 0 Å². The van der Waals surface area contributed by atoms with Crippen molar-refractivity contribution in [3.8, 4) is 0 Å². The summed E-state index contributed by atoms with van der Waals surface area (Å²) in [6.45, 7) is 1.75. The number of aryl methyl sites for hydroxylation is 1. The van der Waals surface area contributed by atoms with Gasteiger partial charge in [-0.15, -0.1) is 0 Å². The van der Waals surface area contributed by atoms with Crippen molar-refractivity contribution in [3.05, 3.63) is 38.4 Å². The Labute approximate surface area is 89.0 Å². The fraction of sp³-hybridized carbons (Fsp3) is 0.250. The fourth-order valence-corrected chi connectivity index (χ4v) is 1.54. The summed E-state index contributed by atoms with van der Waals surface area (Å²) >= 11 is 8.99. The summed E-state index contributed by atoms with van der Waals surface area (Å²) in [5, 5.41) is 11.4. The number of hydrogen-bond donors (Lipinski definition) is 0. The van der Waals surface area contributed by atoms with Crippen molar-refractivity contribution in [2.45, 2.75) is 12.3 Å². The third-order valence-corrected chi connectivity index (χ3v) is 2.79. The van der Waals surface area contributed by atoms with E-state index in [9.17, 15) is 10.1 Å². The van der Waals surface area contributed by atoms with Gasteiger partial charge in [0.05, 0.1) is 4.92 Å². The van der Waals surface area contributed by atoms with E-state index in [4.69, 9.17) is 11.6 Å². The van der Waals surface area contributed by atoms with Crippen LogP contribution >= 0.6 is 27.5 Å². The van der Waals surface area contributed by atoms with Crippen LogP contribution in [0.3, 0.4) is 0 Å².